The number of nitrogens with zero attached hydrogens (tertiary/aromatic N) is 1. The molecule has 1 heterocycles. The predicted molar refractivity (Wildman–Crippen MR) is 38.9 cm³/mol. The van der Waals surface area contributed by atoms with E-state index in [0.717, 1.165) is 6.92 Å². The Balaban J connectivity index is 0.000000261. The molecule has 0 amide bonds. The van der Waals surface area contributed by atoms with Gasteiger partial charge in [0.2, 0.25) is 0 Å². The monoisotopic (exact) mass is 172 g/mol. The van der Waals surface area contributed by atoms with Crippen molar-refractivity contribution in [1.82, 2.24) is 10.2 Å². The van der Waals surface area contributed by atoms with Gasteiger partial charge < -0.3 is 10.2 Å². The number of nitrogens with one attached hydrogen (secondary N) is 1. The first-order valence-electron chi connectivity index (χ1n) is 2.95. The molecular formula is C6H8N2O4. The normalized spacial score (nSPS) is 8.08. The van der Waals surface area contributed by atoms with Gasteiger partial charge in [0.15, 0.2) is 0 Å². The molecule has 12 heavy (non-hydrogen) atoms. The van der Waals surface area contributed by atoms with E-state index in [1.54, 1.807) is 0 Å². The Labute approximate surface area is 67.8 Å². The van der Waals surface area contributed by atoms with Gasteiger partial charge in [0.05, 0.1) is 11.8 Å². The van der Waals surface area contributed by atoms with Gasteiger partial charge in [0.1, 0.15) is 0 Å². The number of hydrogen-bond donors (Lipinski definition) is 3. The van der Waals surface area contributed by atoms with Crippen LogP contribution in [0.2, 0.25) is 0 Å². The third kappa shape index (κ3) is 4.98. The molecule has 0 aliphatic heterocycles. The van der Waals surface area contributed by atoms with Gasteiger partial charge in [-0.1, -0.05) is 0 Å². The highest BCUT2D eigenvalue weighted by atomic mass is 16.4. The largest absolute Gasteiger partial charge is 0.481 e. The number of hydrogen-bond acceptors (Lipinski definition) is 3. The van der Waals surface area contributed by atoms with Gasteiger partial charge in [-0.05, 0) is 0 Å². The number of rotatable bonds is 1. The van der Waals surface area contributed by atoms with Gasteiger partial charge in [-0.2, -0.15) is 5.10 Å². The topological polar surface area (TPSA) is 103 Å². The van der Waals surface area contributed by atoms with Gasteiger partial charge in [0, 0.05) is 13.1 Å². The Morgan fingerprint density at radius 2 is 2.00 bits per heavy atom. The lowest BCUT2D eigenvalue weighted by molar-refractivity contribution is -0.134. The first kappa shape index (κ1) is 10.2. The third-order valence-electron chi connectivity index (χ3n) is 0.745. The van der Waals surface area contributed by atoms with Gasteiger partial charge in [-0.15, -0.1) is 0 Å². The third-order valence-corrected chi connectivity index (χ3v) is 0.745. The number of H-pyrrole nitrogens is 1. The van der Waals surface area contributed by atoms with Crippen molar-refractivity contribution >= 4 is 11.9 Å². The van der Waals surface area contributed by atoms with E-state index in [1.807, 2.05) is 0 Å². The molecular weight excluding hydrogens is 164 g/mol. The van der Waals surface area contributed by atoms with E-state index in [4.69, 9.17) is 15.0 Å². The van der Waals surface area contributed by atoms with Crippen LogP contribution in [0.5, 0.6) is 0 Å². The zero-order valence-corrected chi connectivity index (χ0v) is 6.31. The molecule has 66 valence electrons. The molecule has 0 fully saturated rings. The average molecular weight is 172 g/mol. The van der Waals surface area contributed by atoms with Crippen molar-refractivity contribution in [3.05, 3.63) is 18.0 Å². The number of aromatic carboxylic acids is 1. The van der Waals surface area contributed by atoms with Crippen LogP contribution in [0, 0.1) is 0 Å². The summed E-state index contributed by atoms with van der Waals surface area (Å²) in [5.74, 6) is -1.79. The molecule has 0 saturated carbocycles. The van der Waals surface area contributed by atoms with Crippen LogP contribution in [0.25, 0.3) is 0 Å². The van der Waals surface area contributed by atoms with Crippen molar-refractivity contribution in [1.29, 1.82) is 0 Å². The second-order valence-electron chi connectivity index (χ2n) is 1.81. The molecule has 0 atom stereocenters. The lowest BCUT2D eigenvalue weighted by atomic mass is 10.4. The number of aromatic nitrogens is 2. The Bertz CT molecular complexity index is 251. The lowest BCUT2D eigenvalue weighted by Crippen LogP contribution is -1.91. The molecule has 0 aliphatic carbocycles. The number of carboxylic acids is 2. The fourth-order valence-electron chi connectivity index (χ4n) is 0.368. The van der Waals surface area contributed by atoms with Crippen LogP contribution in [0.4, 0.5) is 0 Å². The van der Waals surface area contributed by atoms with Crippen molar-refractivity contribution in [2.75, 3.05) is 0 Å². The molecule has 0 saturated heterocycles. The van der Waals surface area contributed by atoms with E-state index < -0.39 is 11.9 Å². The summed E-state index contributed by atoms with van der Waals surface area (Å²) < 4.78 is 0. The summed E-state index contributed by atoms with van der Waals surface area (Å²) in [5, 5.41) is 21.4. The Morgan fingerprint density at radius 3 is 2.17 bits per heavy atom. The molecule has 6 nitrogen and oxygen atoms in total. The molecule has 1 rings (SSSR count). The molecule has 0 aromatic carbocycles. The molecule has 6 heteroatoms. The summed E-state index contributed by atoms with van der Waals surface area (Å²) in [6, 6.07) is 0. The SMILES string of the molecule is CC(=O)O.O=C(O)c1cn[nH]c1. The Kier molecular flexibility index (Phi) is 4.13. The van der Waals surface area contributed by atoms with Crippen LogP contribution in [0.15, 0.2) is 12.4 Å². The van der Waals surface area contributed by atoms with Crippen molar-refractivity contribution in [2.45, 2.75) is 6.92 Å². The summed E-state index contributed by atoms with van der Waals surface area (Å²) in [4.78, 5) is 19.0. The second kappa shape index (κ2) is 4.89. The van der Waals surface area contributed by atoms with E-state index in [0.29, 0.717) is 0 Å². The minimum absolute atomic E-state index is 0.185. The first-order chi connectivity index (χ1) is 5.54. The van der Waals surface area contributed by atoms with Gasteiger partial charge in [-0.25, -0.2) is 4.79 Å². The maximum Gasteiger partial charge on any atom is 0.338 e. The quantitative estimate of drug-likeness (QED) is 0.561. The van der Waals surface area contributed by atoms with E-state index in [1.165, 1.54) is 12.4 Å². The van der Waals surface area contributed by atoms with Crippen LogP contribution < -0.4 is 0 Å². The van der Waals surface area contributed by atoms with Crippen LogP contribution in [-0.2, 0) is 4.79 Å². The second-order valence-corrected chi connectivity index (χ2v) is 1.81. The highest BCUT2D eigenvalue weighted by Gasteiger charge is 1.99. The zero-order valence-electron chi connectivity index (χ0n) is 6.31. The molecule has 0 unspecified atom stereocenters. The van der Waals surface area contributed by atoms with Gasteiger partial charge in [-0.3, -0.25) is 9.89 Å². The van der Waals surface area contributed by atoms with Crippen molar-refractivity contribution < 1.29 is 19.8 Å². The molecule has 1 aromatic heterocycles. The minimum atomic E-state index is -0.959. The lowest BCUT2D eigenvalue weighted by Gasteiger charge is -1.77. The minimum Gasteiger partial charge on any atom is -0.481 e. The number of carboxylic acid groups (broad SMARTS) is 2. The number of aromatic amines is 1. The van der Waals surface area contributed by atoms with Crippen LogP contribution in [0.3, 0.4) is 0 Å². The summed E-state index contributed by atoms with van der Waals surface area (Å²) in [5.41, 5.74) is 0.185. The van der Waals surface area contributed by atoms with E-state index in [9.17, 15) is 4.79 Å². The van der Waals surface area contributed by atoms with E-state index in [2.05, 4.69) is 10.2 Å². The van der Waals surface area contributed by atoms with Crippen LogP contribution in [-0.4, -0.2) is 32.3 Å². The van der Waals surface area contributed by atoms with Gasteiger partial charge >= 0.3 is 5.97 Å². The first-order valence-corrected chi connectivity index (χ1v) is 2.95. The molecule has 1 aromatic rings. The zero-order chi connectivity index (χ0) is 9.56. The fraction of sp³-hybridized carbons (Fsp3) is 0.167. The summed E-state index contributed by atoms with van der Waals surface area (Å²) >= 11 is 0. The molecule has 0 radical (unpaired) electrons. The van der Waals surface area contributed by atoms with Crippen molar-refractivity contribution in [2.24, 2.45) is 0 Å². The number of carbonyl (C=O) groups is 2. The standard InChI is InChI=1S/C4H4N2O2.C2H4O2/c7-4(8)3-1-5-6-2-3;1-2(3)4/h1-2H,(H,5,6)(H,7,8);1H3,(H,3,4). The summed E-state index contributed by atoms with van der Waals surface area (Å²) in [7, 11) is 0. The van der Waals surface area contributed by atoms with E-state index >= 15 is 0 Å². The maximum atomic E-state index is 10.0. The highest BCUT2D eigenvalue weighted by Crippen LogP contribution is 1.90. The Morgan fingerprint density at radius 1 is 1.50 bits per heavy atom. The molecule has 0 aliphatic rings. The number of aliphatic carboxylic acids is 1. The Hall–Kier alpha value is -1.85. The molecule has 3 N–H and O–H groups in total. The fourth-order valence-corrected chi connectivity index (χ4v) is 0.368. The highest BCUT2D eigenvalue weighted by molar-refractivity contribution is 5.86. The van der Waals surface area contributed by atoms with E-state index in [-0.39, 0.29) is 5.56 Å². The van der Waals surface area contributed by atoms with Crippen LogP contribution >= 0.6 is 0 Å². The van der Waals surface area contributed by atoms with Crippen molar-refractivity contribution in [3.63, 3.8) is 0 Å². The maximum absolute atomic E-state index is 10.0. The predicted octanol–water partition coefficient (Wildman–Crippen LogP) is 0.199. The summed E-state index contributed by atoms with van der Waals surface area (Å²) in [6.45, 7) is 1.08. The smallest absolute Gasteiger partial charge is 0.338 e. The molecule has 0 bridgehead atoms. The average Bonchev–Trinajstić information content (AvgIpc) is 2.34. The molecule has 0 spiro atoms. The van der Waals surface area contributed by atoms with Crippen LogP contribution in [0.1, 0.15) is 17.3 Å². The summed E-state index contributed by atoms with van der Waals surface area (Å²) in [6.07, 6.45) is 2.57. The van der Waals surface area contributed by atoms with Gasteiger partial charge in [0.25, 0.3) is 5.97 Å². The van der Waals surface area contributed by atoms with Crippen molar-refractivity contribution in [3.8, 4) is 0 Å².